The number of H-pyrrole nitrogens is 1. The van der Waals surface area contributed by atoms with E-state index >= 15 is 0 Å². The number of anilines is 1. The minimum atomic E-state index is 0.514. The first-order chi connectivity index (χ1) is 11.1. The van der Waals surface area contributed by atoms with Crippen molar-refractivity contribution < 1.29 is 0 Å². The fourth-order valence-corrected chi connectivity index (χ4v) is 3.07. The lowest BCUT2D eigenvalue weighted by Crippen LogP contribution is -2.14. The largest absolute Gasteiger partial charge is 0.252 e. The smallest absolute Gasteiger partial charge is 0.250 e. The number of hydrogen-bond donors (Lipinski definition) is 1. The second-order valence-corrected chi connectivity index (χ2v) is 5.99. The zero-order chi connectivity index (χ0) is 16.0. The van der Waals surface area contributed by atoms with Crippen molar-refractivity contribution in [2.45, 2.75) is 0 Å². The molecule has 0 atom stereocenters. The van der Waals surface area contributed by atoms with E-state index in [2.05, 4.69) is 10.2 Å². The molecule has 0 saturated heterocycles. The van der Waals surface area contributed by atoms with Crippen molar-refractivity contribution >= 4 is 35.5 Å². The summed E-state index contributed by atoms with van der Waals surface area (Å²) in [6, 6.07) is 15.7. The van der Waals surface area contributed by atoms with Gasteiger partial charge in [-0.25, -0.2) is 10.1 Å². The van der Waals surface area contributed by atoms with Gasteiger partial charge in [-0.1, -0.05) is 41.9 Å². The fraction of sp³-hybridized carbons (Fsp3) is 0.0625. The van der Waals surface area contributed by atoms with E-state index in [-0.39, 0.29) is 0 Å². The lowest BCUT2D eigenvalue weighted by Gasteiger charge is -2.10. The molecule has 114 valence electrons. The fourth-order valence-electron chi connectivity index (χ4n) is 2.67. The molecule has 1 aliphatic heterocycles. The van der Waals surface area contributed by atoms with Gasteiger partial charge < -0.3 is 0 Å². The van der Waals surface area contributed by atoms with Crippen LogP contribution in [-0.2, 0) is 0 Å². The molecule has 7 heteroatoms. The first kappa shape index (κ1) is 14.2. The summed E-state index contributed by atoms with van der Waals surface area (Å²) in [6.07, 6.45) is 0. The minimum absolute atomic E-state index is 0.514. The Kier molecular flexibility index (Phi) is 3.28. The molecule has 1 aromatic heterocycles. The van der Waals surface area contributed by atoms with Crippen molar-refractivity contribution in [2.24, 2.45) is 5.10 Å². The van der Waals surface area contributed by atoms with Crippen LogP contribution in [0.5, 0.6) is 0 Å². The van der Waals surface area contributed by atoms with E-state index in [1.54, 1.807) is 5.01 Å². The highest BCUT2D eigenvalue weighted by atomic mass is 35.5. The van der Waals surface area contributed by atoms with Crippen molar-refractivity contribution in [2.75, 3.05) is 12.1 Å². The number of benzene rings is 2. The van der Waals surface area contributed by atoms with Crippen molar-refractivity contribution in [3.63, 3.8) is 0 Å². The van der Waals surface area contributed by atoms with Crippen LogP contribution in [0.1, 0.15) is 11.1 Å². The van der Waals surface area contributed by atoms with E-state index in [4.69, 9.17) is 28.9 Å². The summed E-state index contributed by atoms with van der Waals surface area (Å²) < 4.78 is 2.38. The molecule has 2 aromatic carbocycles. The van der Waals surface area contributed by atoms with Gasteiger partial charge in [-0.15, -0.1) is 5.10 Å². The van der Waals surface area contributed by atoms with Gasteiger partial charge in [-0.3, -0.25) is 4.57 Å². The van der Waals surface area contributed by atoms with Crippen LogP contribution >= 0.6 is 23.8 Å². The molecular formula is C16H12ClN5S. The molecular weight excluding hydrogens is 330 g/mol. The number of nitrogens with zero attached hydrogens (tertiary/aromatic N) is 4. The second kappa shape index (κ2) is 5.33. The molecule has 4 rings (SSSR count). The normalized spacial score (nSPS) is 13.1. The van der Waals surface area contributed by atoms with Crippen LogP contribution in [0.3, 0.4) is 0 Å². The predicted molar refractivity (Wildman–Crippen MR) is 94.2 cm³/mol. The molecule has 0 bridgehead atoms. The van der Waals surface area contributed by atoms with E-state index in [1.165, 1.54) is 0 Å². The minimum Gasteiger partial charge on any atom is -0.252 e. The zero-order valence-electron chi connectivity index (χ0n) is 12.2. The maximum atomic E-state index is 6.23. The van der Waals surface area contributed by atoms with Gasteiger partial charge in [-0.05, 0) is 30.4 Å². The molecule has 0 saturated carbocycles. The van der Waals surface area contributed by atoms with E-state index < -0.39 is 0 Å². The molecule has 0 unspecified atom stereocenters. The summed E-state index contributed by atoms with van der Waals surface area (Å²) in [5.41, 5.74) is 3.64. The van der Waals surface area contributed by atoms with Crippen LogP contribution in [0.2, 0.25) is 5.02 Å². The molecule has 5 nitrogen and oxygen atoms in total. The second-order valence-electron chi connectivity index (χ2n) is 5.16. The number of hydrogen-bond acceptors (Lipinski definition) is 4. The van der Waals surface area contributed by atoms with Crippen LogP contribution in [0, 0.1) is 4.77 Å². The Hall–Kier alpha value is -2.44. The van der Waals surface area contributed by atoms with Crippen LogP contribution in [0.15, 0.2) is 53.6 Å². The highest BCUT2D eigenvalue weighted by Gasteiger charge is 2.23. The van der Waals surface area contributed by atoms with Gasteiger partial charge in [0.05, 0.1) is 5.69 Å². The molecule has 0 spiro atoms. The Morgan fingerprint density at radius 2 is 1.91 bits per heavy atom. The Morgan fingerprint density at radius 3 is 2.70 bits per heavy atom. The number of aromatic amines is 1. The van der Waals surface area contributed by atoms with Gasteiger partial charge in [-0.2, -0.15) is 5.10 Å². The highest BCUT2D eigenvalue weighted by Crippen LogP contribution is 2.29. The van der Waals surface area contributed by atoms with Gasteiger partial charge in [0, 0.05) is 23.2 Å². The molecule has 2 heterocycles. The first-order valence-corrected chi connectivity index (χ1v) is 7.79. The maximum Gasteiger partial charge on any atom is 0.250 e. The topological polar surface area (TPSA) is 49.2 Å². The monoisotopic (exact) mass is 341 g/mol. The molecule has 0 fully saturated rings. The Balaban J connectivity index is 2.08. The van der Waals surface area contributed by atoms with Crippen molar-refractivity contribution in [1.82, 2.24) is 14.8 Å². The van der Waals surface area contributed by atoms with Gasteiger partial charge in [0.1, 0.15) is 5.71 Å². The number of fused-ring (bicyclic) bond motifs is 3. The summed E-state index contributed by atoms with van der Waals surface area (Å²) >= 11 is 11.6. The first-order valence-electron chi connectivity index (χ1n) is 7.00. The quantitative estimate of drug-likeness (QED) is 0.685. The summed E-state index contributed by atoms with van der Waals surface area (Å²) in [4.78, 5) is 0. The van der Waals surface area contributed by atoms with E-state index in [0.29, 0.717) is 15.7 Å². The summed E-state index contributed by atoms with van der Waals surface area (Å²) in [5, 5.41) is 14.2. The Labute approximate surface area is 142 Å². The molecule has 3 aromatic rings. The maximum absolute atomic E-state index is 6.23. The van der Waals surface area contributed by atoms with E-state index in [0.717, 1.165) is 22.5 Å². The molecule has 1 N–H and O–H groups in total. The van der Waals surface area contributed by atoms with Crippen LogP contribution < -0.4 is 5.01 Å². The van der Waals surface area contributed by atoms with E-state index in [9.17, 15) is 0 Å². The molecule has 0 amide bonds. The summed E-state index contributed by atoms with van der Waals surface area (Å²) in [5.74, 6) is 0.629. The summed E-state index contributed by atoms with van der Waals surface area (Å²) in [6.45, 7) is 0. The Morgan fingerprint density at radius 1 is 1.13 bits per heavy atom. The van der Waals surface area contributed by atoms with Gasteiger partial charge >= 0.3 is 0 Å². The standard InChI is InChI=1S/C16H12ClN5S/c1-21-15-18-19-16(23)22(15)13-8-7-11(17)9-12(13)14(20-21)10-5-3-2-4-6-10/h2-9H,1H3,(H,19,23). The molecule has 1 aliphatic rings. The van der Waals surface area contributed by atoms with Crippen molar-refractivity contribution in [1.29, 1.82) is 0 Å². The van der Waals surface area contributed by atoms with Crippen molar-refractivity contribution in [3.05, 3.63) is 69.5 Å². The average Bonchev–Trinajstić information content (AvgIpc) is 2.89. The molecule has 23 heavy (non-hydrogen) atoms. The average molecular weight is 342 g/mol. The summed E-state index contributed by atoms with van der Waals surface area (Å²) in [7, 11) is 1.85. The predicted octanol–water partition coefficient (Wildman–Crippen LogP) is 3.79. The Bertz CT molecular complexity index is 974. The van der Waals surface area contributed by atoms with Crippen LogP contribution in [-0.4, -0.2) is 27.5 Å². The highest BCUT2D eigenvalue weighted by molar-refractivity contribution is 7.71. The zero-order valence-corrected chi connectivity index (χ0v) is 13.8. The van der Waals surface area contributed by atoms with E-state index in [1.807, 2.05) is 60.1 Å². The number of aromatic nitrogens is 3. The third kappa shape index (κ3) is 2.27. The van der Waals surface area contributed by atoms with Gasteiger partial charge in [0.25, 0.3) is 5.95 Å². The van der Waals surface area contributed by atoms with Gasteiger partial charge in [0.15, 0.2) is 0 Å². The molecule has 0 aliphatic carbocycles. The number of rotatable bonds is 1. The lowest BCUT2D eigenvalue weighted by atomic mass is 10.0. The van der Waals surface area contributed by atoms with Crippen LogP contribution in [0.4, 0.5) is 5.95 Å². The molecule has 0 radical (unpaired) electrons. The number of halogens is 1. The number of hydrazone groups is 1. The van der Waals surface area contributed by atoms with Crippen LogP contribution in [0.25, 0.3) is 5.69 Å². The third-order valence-corrected chi connectivity index (χ3v) is 4.20. The van der Waals surface area contributed by atoms with Gasteiger partial charge in [0.2, 0.25) is 4.77 Å². The lowest BCUT2D eigenvalue weighted by molar-refractivity contribution is 0.905. The third-order valence-electron chi connectivity index (χ3n) is 3.70. The van der Waals surface area contributed by atoms with Crippen molar-refractivity contribution in [3.8, 4) is 5.69 Å². The SMILES string of the molecule is CN1N=C(c2ccccc2)c2cc(Cl)ccc2-n2c1n[nH]c2=S. The number of nitrogens with one attached hydrogen (secondary N) is 1.